The highest BCUT2D eigenvalue weighted by Gasteiger charge is 2.20. The molecule has 0 saturated carbocycles. The number of carbonyl (C=O) groups is 1. The van der Waals surface area contributed by atoms with Gasteiger partial charge in [0.15, 0.2) is 0 Å². The number of nitrogens with zero attached hydrogens (tertiary/aromatic N) is 2. The largest absolute Gasteiger partial charge is 0.474 e. The zero-order valence-electron chi connectivity index (χ0n) is 16.0. The predicted octanol–water partition coefficient (Wildman–Crippen LogP) is 2.82. The molecule has 2 heterocycles. The van der Waals surface area contributed by atoms with Crippen LogP contribution < -0.4 is 15.4 Å². The third-order valence-corrected chi connectivity index (χ3v) is 4.15. The normalized spacial score (nSPS) is 13.2. The number of anilines is 1. The van der Waals surface area contributed by atoms with Crippen molar-refractivity contribution < 1.29 is 28.2 Å². The summed E-state index contributed by atoms with van der Waals surface area (Å²) >= 11 is 0. The molecule has 160 valence electrons. The zero-order chi connectivity index (χ0) is 21.5. The van der Waals surface area contributed by atoms with Gasteiger partial charge in [0, 0.05) is 12.3 Å². The summed E-state index contributed by atoms with van der Waals surface area (Å²) in [7, 11) is 0. The van der Waals surface area contributed by atoms with E-state index in [1.165, 1.54) is 6.20 Å². The van der Waals surface area contributed by atoms with E-state index >= 15 is 0 Å². The van der Waals surface area contributed by atoms with Gasteiger partial charge >= 0.3 is 12.6 Å². The average Bonchev–Trinajstić information content (AvgIpc) is 3.12. The quantitative estimate of drug-likeness (QED) is 0.394. The second-order valence-electron chi connectivity index (χ2n) is 6.35. The molecule has 3 aromatic rings. The van der Waals surface area contributed by atoms with Crippen LogP contribution in [0.25, 0.3) is 10.9 Å². The fraction of sp³-hybridized carbons (Fsp3) is 0.316. The SMILES string of the molecule is CC(O)C(NC(=O)Nc1cc2[nH]nc(OCCOC(F)F)c2cn1)c1ccccc1. The number of rotatable bonds is 9. The monoisotopic (exact) mass is 421 g/mol. The molecule has 11 heteroatoms. The summed E-state index contributed by atoms with van der Waals surface area (Å²) in [4.78, 5) is 16.5. The van der Waals surface area contributed by atoms with Crippen molar-refractivity contribution in [2.24, 2.45) is 0 Å². The molecule has 3 rings (SSSR count). The third kappa shape index (κ3) is 5.61. The van der Waals surface area contributed by atoms with E-state index in [1.54, 1.807) is 25.1 Å². The number of aliphatic hydroxyl groups is 1. The second kappa shape index (κ2) is 9.94. The molecular formula is C19H21F2N5O4. The number of benzene rings is 1. The number of hydrogen-bond donors (Lipinski definition) is 4. The number of aromatic nitrogens is 3. The Kier molecular flexibility index (Phi) is 7.09. The Balaban J connectivity index is 1.62. The number of ether oxygens (including phenoxy) is 2. The Morgan fingerprint density at radius 2 is 2.03 bits per heavy atom. The molecule has 0 spiro atoms. The molecule has 2 aromatic heterocycles. The van der Waals surface area contributed by atoms with Crippen molar-refractivity contribution >= 4 is 22.8 Å². The predicted molar refractivity (Wildman–Crippen MR) is 104 cm³/mol. The highest BCUT2D eigenvalue weighted by atomic mass is 19.3. The molecule has 0 aliphatic heterocycles. The van der Waals surface area contributed by atoms with Crippen LogP contribution in [0.15, 0.2) is 42.6 Å². The van der Waals surface area contributed by atoms with Gasteiger partial charge < -0.3 is 19.9 Å². The minimum absolute atomic E-state index is 0.104. The fourth-order valence-electron chi connectivity index (χ4n) is 2.78. The van der Waals surface area contributed by atoms with Crippen molar-refractivity contribution in [2.45, 2.75) is 25.7 Å². The Morgan fingerprint density at radius 1 is 1.27 bits per heavy atom. The van der Waals surface area contributed by atoms with Crippen molar-refractivity contribution in [1.29, 1.82) is 0 Å². The number of aromatic amines is 1. The van der Waals surface area contributed by atoms with Crippen LogP contribution in [0, 0.1) is 0 Å². The lowest BCUT2D eigenvalue weighted by molar-refractivity contribution is -0.133. The van der Waals surface area contributed by atoms with E-state index < -0.39 is 24.8 Å². The maximum absolute atomic E-state index is 12.4. The van der Waals surface area contributed by atoms with E-state index in [0.29, 0.717) is 10.9 Å². The minimum atomic E-state index is -2.86. The van der Waals surface area contributed by atoms with Crippen LogP contribution in [0.3, 0.4) is 0 Å². The fourth-order valence-corrected chi connectivity index (χ4v) is 2.78. The summed E-state index contributed by atoms with van der Waals surface area (Å²) in [6.07, 6.45) is 0.621. The van der Waals surface area contributed by atoms with Crippen molar-refractivity contribution in [2.75, 3.05) is 18.5 Å². The van der Waals surface area contributed by atoms with Crippen molar-refractivity contribution in [3.05, 3.63) is 48.2 Å². The molecule has 9 nitrogen and oxygen atoms in total. The van der Waals surface area contributed by atoms with Gasteiger partial charge in [-0.15, -0.1) is 5.10 Å². The summed E-state index contributed by atoms with van der Waals surface area (Å²) in [6.45, 7) is -1.67. The minimum Gasteiger partial charge on any atom is -0.474 e. The van der Waals surface area contributed by atoms with Crippen LogP contribution in [0.4, 0.5) is 19.4 Å². The zero-order valence-corrected chi connectivity index (χ0v) is 16.0. The van der Waals surface area contributed by atoms with Crippen LogP contribution >= 0.6 is 0 Å². The molecule has 2 unspecified atom stereocenters. The van der Waals surface area contributed by atoms with E-state index in [9.17, 15) is 18.7 Å². The molecule has 2 atom stereocenters. The molecule has 4 N–H and O–H groups in total. The molecule has 2 amide bonds. The van der Waals surface area contributed by atoms with E-state index in [1.807, 2.05) is 18.2 Å². The number of fused-ring (bicyclic) bond motifs is 1. The summed E-state index contributed by atoms with van der Waals surface area (Å²) in [6, 6.07) is 9.49. The lowest BCUT2D eigenvalue weighted by Crippen LogP contribution is -2.37. The number of nitrogens with one attached hydrogen (secondary N) is 3. The Hall–Kier alpha value is -3.31. The number of pyridine rings is 1. The smallest absolute Gasteiger partial charge is 0.345 e. The van der Waals surface area contributed by atoms with Crippen LogP contribution in [0.1, 0.15) is 18.5 Å². The van der Waals surface area contributed by atoms with Crippen LogP contribution in [-0.2, 0) is 4.74 Å². The number of hydrogen-bond acceptors (Lipinski definition) is 6. The first-order valence-corrected chi connectivity index (χ1v) is 9.11. The lowest BCUT2D eigenvalue weighted by Gasteiger charge is -2.22. The first-order chi connectivity index (χ1) is 14.4. The summed E-state index contributed by atoms with van der Waals surface area (Å²) in [5.74, 6) is 0.429. The molecule has 0 bridgehead atoms. The second-order valence-corrected chi connectivity index (χ2v) is 6.35. The van der Waals surface area contributed by atoms with Gasteiger partial charge in [-0.25, -0.2) is 9.78 Å². The van der Waals surface area contributed by atoms with Crippen molar-refractivity contribution in [3.8, 4) is 5.88 Å². The molecular weight excluding hydrogens is 400 g/mol. The highest BCUT2D eigenvalue weighted by molar-refractivity contribution is 5.92. The number of amides is 2. The van der Waals surface area contributed by atoms with E-state index in [4.69, 9.17) is 4.74 Å². The van der Waals surface area contributed by atoms with Gasteiger partial charge in [0.25, 0.3) is 0 Å². The Bertz CT molecular complexity index is 968. The van der Waals surface area contributed by atoms with Crippen molar-refractivity contribution in [1.82, 2.24) is 20.5 Å². The van der Waals surface area contributed by atoms with E-state index in [2.05, 4.69) is 30.6 Å². The van der Waals surface area contributed by atoms with Gasteiger partial charge in [0.1, 0.15) is 12.4 Å². The standard InChI is InChI=1S/C19H21F2N5O4/c1-11(27)16(12-5-3-2-4-6-12)24-19(28)23-15-9-14-13(10-22-15)17(26-25-14)29-7-8-30-18(20)21/h2-6,9-11,16,18,27H,7-8H2,1H3,(H,25,26)(H2,22,23,24,28). The first-order valence-electron chi connectivity index (χ1n) is 9.11. The molecule has 1 aromatic carbocycles. The number of alkyl halides is 2. The molecule has 0 saturated heterocycles. The Morgan fingerprint density at radius 3 is 2.73 bits per heavy atom. The average molecular weight is 421 g/mol. The topological polar surface area (TPSA) is 121 Å². The van der Waals surface area contributed by atoms with Crippen molar-refractivity contribution in [3.63, 3.8) is 0 Å². The van der Waals surface area contributed by atoms with Crippen LogP contribution in [0.2, 0.25) is 0 Å². The molecule has 0 aliphatic carbocycles. The maximum Gasteiger partial charge on any atom is 0.345 e. The van der Waals surface area contributed by atoms with Gasteiger partial charge in [-0.2, -0.15) is 8.78 Å². The molecule has 30 heavy (non-hydrogen) atoms. The van der Waals surface area contributed by atoms with Gasteiger partial charge in [-0.05, 0) is 12.5 Å². The van der Waals surface area contributed by atoms with Crippen LogP contribution in [-0.4, -0.2) is 52.2 Å². The van der Waals surface area contributed by atoms with E-state index in [-0.39, 0.29) is 24.9 Å². The summed E-state index contributed by atoms with van der Waals surface area (Å²) in [5.41, 5.74) is 1.29. The molecule has 0 fully saturated rings. The first kappa shape index (κ1) is 21.4. The van der Waals surface area contributed by atoms with E-state index in [0.717, 1.165) is 5.56 Å². The molecule has 0 radical (unpaired) electrons. The summed E-state index contributed by atoms with van der Waals surface area (Å²) < 4.78 is 33.3. The van der Waals surface area contributed by atoms with Gasteiger partial charge in [0.05, 0.1) is 29.7 Å². The number of halogens is 2. The van der Waals surface area contributed by atoms with Gasteiger partial charge in [-0.3, -0.25) is 10.4 Å². The number of urea groups is 1. The third-order valence-electron chi connectivity index (χ3n) is 4.15. The number of aliphatic hydroxyl groups excluding tert-OH is 1. The van der Waals surface area contributed by atoms with Gasteiger partial charge in [0.2, 0.25) is 5.88 Å². The Labute approximate surface area is 170 Å². The van der Waals surface area contributed by atoms with Crippen LogP contribution in [0.5, 0.6) is 5.88 Å². The highest BCUT2D eigenvalue weighted by Crippen LogP contribution is 2.24. The summed E-state index contributed by atoms with van der Waals surface area (Å²) in [5, 5.41) is 22.5. The maximum atomic E-state index is 12.4. The van der Waals surface area contributed by atoms with Gasteiger partial charge in [-0.1, -0.05) is 30.3 Å². The number of H-pyrrole nitrogens is 1. The lowest BCUT2D eigenvalue weighted by atomic mass is 10.0. The molecule has 0 aliphatic rings. The number of carbonyl (C=O) groups excluding carboxylic acids is 1.